The number of hydrogen-bond donors (Lipinski definition) is 2. The van der Waals surface area contributed by atoms with Crippen LogP contribution in [0.4, 0.5) is 16.3 Å². The van der Waals surface area contributed by atoms with Crippen LogP contribution in [0.2, 0.25) is 0 Å². The van der Waals surface area contributed by atoms with Crippen LogP contribution in [0, 0.1) is 0 Å². The average Bonchev–Trinajstić information content (AvgIpc) is 2.67. The Hall–Kier alpha value is -2.55. The normalized spacial score (nSPS) is 22.4. The van der Waals surface area contributed by atoms with Crippen molar-refractivity contribution in [3.8, 4) is 0 Å². The van der Waals surface area contributed by atoms with Gasteiger partial charge in [0.05, 0.1) is 18.3 Å². The number of anilines is 2. The molecule has 4 heterocycles. The van der Waals surface area contributed by atoms with Gasteiger partial charge in [0, 0.05) is 43.8 Å². The summed E-state index contributed by atoms with van der Waals surface area (Å²) in [6.07, 6.45) is 1.44. The molecule has 0 aromatic carbocycles. The van der Waals surface area contributed by atoms with Crippen molar-refractivity contribution in [2.24, 2.45) is 0 Å². The molecule has 1 aromatic heterocycles. The molecule has 2 N–H and O–H groups in total. The number of likely N-dealkylation sites (tertiary alicyclic amines) is 1. The first-order valence-corrected chi connectivity index (χ1v) is 10.7. The highest BCUT2D eigenvalue weighted by Gasteiger charge is 2.37. The van der Waals surface area contributed by atoms with Crippen LogP contribution in [0.15, 0.2) is 16.9 Å². The summed E-state index contributed by atoms with van der Waals surface area (Å²) in [6.45, 7) is 9.00. The highest BCUT2D eigenvalue weighted by Crippen LogP contribution is 2.36. The molecule has 0 saturated carbocycles. The fraction of sp³-hybridized carbons (Fsp3) is 0.667. The standard InChI is InChI=1S/C21H31N5O4/c1-21(2,3)26(20(29)30)14-6-9-23(10-7-14)13-15-8-11-24-18(28)12-22-16-4-5-17(27)25(15)19(16)24/h4-5,14-15,22H,6-13H2,1-3H3,(H,29,30)/t15-/m0/s1. The van der Waals surface area contributed by atoms with E-state index >= 15 is 0 Å². The Kier molecular flexibility index (Phi) is 5.25. The summed E-state index contributed by atoms with van der Waals surface area (Å²) in [7, 11) is 0. The molecule has 164 valence electrons. The zero-order valence-electron chi connectivity index (χ0n) is 17.9. The van der Waals surface area contributed by atoms with Gasteiger partial charge >= 0.3 is 6.09 Å². The molecule has 3 aliphatic heterocycles. The Labute approximate surface area is 176 Å². The molecule has 2 amide bonds. The quantitative estimate of drug-likeness (QED) is 0.778. The lowest BCUT2D eigenvalue weighted by molar-refractivity contribution is -0.117. The lowest BCUT2D eigenvalue weighted by atomic mass is 9.96. The number of amides is 2. The lowest BCUT2D eigenvalue weighted by Crippen LogP contribution is -2.55. The van der Waals surface area contributed by atoms with Gasteiger partial charge in [0.25, 0.3) is 5.56 Å². The molecule has 1 fully saturated rings. The number of carbonyl (C=O) groups excluding carboxylic acids is 1. The van der Waals surface area contributed by atoms with E-state index in [1.165, 1.54) is 0 Å². The van der Waals surface area contributed by atoms with Crippen LogP contribution in [0.1, 0.15) is 46.1 Å². The zero-order valence-corrected chi connectivity index (χ0v) is 17.9. The van der Waals surface area contributed by atoms with Crippen molar-refractivity contribution < 1.29 is 14.7 Å². The number of pyridine rings is 1. The molecule has 0 spiro atoms. The summed E-state index contributed by atoms with van der Waals surface area (Å²) in [4.78, 5) is 42.4. The maximum absolute atomic E-state index is 12.7. The van der Waals surface area contributed by atoms with E-state index in [1.54, 1.807) is 26.5 Å². The molecule has 30 heavy (non-hydrogen) atoms. The fourth-order valence-electron chi connectivity index (χ4n) is 5.15. The number of nitrogens with zero attached hydrogens (tertiary/aromatic N) is 4. The maximum Gasteiger partial charge on any atom is 0.407 e. The number of carboxylic acid groups (broad SMARTS) is 1. The van der Waals surface area contributed by atoms with Crippen LogP contribution < -0.4 is 15.8 Å². The van der Waals surface area contributed by atoms with Gasteiger partial charge in [0.15, 0.2) is 0 Å². The largest absolute Gasteiger partial charge is 0.465 e. The molecule has 0 aliphatic carbocycles. The Morgan fingerprint density at radius 3 is 2.50 bits per heavy atom. The summed E-state index contributed by atoms with van der Waals surface area (Å²) in [5.74, 6) is 0.687. The molecular weight excluding hydrogens is 386 g/mol. The summed E-state index contributed by atoms with van der Waals surface area (Å²) >= 11 is 0. The molecule has 1 atom stereocenters. The van der Waals surface area contributed by atoms with Gasteiger partial charge in [-0.3, -0.25) is 19.1 Å². The summed E-state index contributed by atoms with van der Waals surface area (Å²) in [6, 6.07) is 3.34. The van der Waals surface area contributed by atoms with Crippen LogP contribution in [-0.2, 0) is 4.79 Å². The molecule has 3 aliphatic rings. The van der Waals surface area contributed by atoms with E-state index in [9.17, 15) is 19.5 Å². The van der Waals surface area contributed by atoms with Crippen LogP contribution >= 0.6 is 0 Å². The highest BCUT2D eigenvalue weighted by molar-refractivity contribution is 6.01. The third kappa shape index (κ3) is 3.66. The number of aromatic nitrogens is 1. The smallest absolute Gasteiger partial charge is 0.407 e. The van der Waals surface area contributed by atoms with Crippen molar-refractivity contribution in [3.05, 3.63) is 22.5 Å². The molecule has 4 rings (SSSR count). The number of rotatable bonds is 3. The summed E-state index contributed by atoms with van der Waals surface area (Å²) < 4.78 is 1.77. The van der Waals surface area contributed by atoms with E-state index in [-0.39, 0.29) is 30.1 Å². The first-order valence-electron chi connectivity index (χ1n) is 10.7. The Morgan fingerprint density at radius 2 is 1.87 bits per heavy atom. The van der Waals surface area contributed by atoms with Gasteiger partial charge in [-0.1, -0.05) is 0 Å². The van der Waals surface area contributed by atoms with Crippen LogP contribution in [0.5, 0.6) is 0 Å². The van der Waals surface area contributed by atoms with Crippen molar-refractivity contribution >= 4 is 23.5 Å². The fourth-order valence-corrected chi connectivity index (χ4v) is 5.15. The average molecular weight is 418 g/mol. The van der Waals surface area contributed by atoms with Crippen LogP contribution in [-0.4, -0.2) is 75.8 Å². The van der Waals surface area contributed by atoms with Crippen molar-refractivity contribution in [2.75, 3.05) is 42.9 Å². The molecule has 0 bridgehead atoms. The second kappa shape index (κ2) is 7.61. The summed E-state index contributed by atoms with van der Waals surface area (Å²) in [5.41, 5.74) is 0.320. The van der Waals surface area contributed by atoms with Gasteiger partial charge in [0.2, 0.25) is 5.91 Å². The highest BCUT2D eigenvalue weighted by atomic mass is 16.4. The zero-order chi connectivity index (χ0) is 21.6. The van der Waals surface area contributed by atoms with Gasteiger partial charge in [0.1, 0.15) is 5.82 Å². The minimum atomic E-state index is -0.868. The molecule has 1 aromatic rings. The van der Waals surface area contributed by atoms with Crippen molar-refractivity contribution in [1.29, 1.82) is 0 Å². The minimum absolute atomic E-state index is 0.00273. The minimum Gasteiger partial charge on any atom is -0.465 e. The molecule has 9 heteroatoms. The molecule has 0 radical (unpaired) electrons. The topological polar surface area (TPSA) is 98.1 Å². The van der Waals surface area contributed by atoms with Crippen molar-refractivity contribution in [1.82, 2.24) is 14.4 Å². The third-order valence-electron chi connectivity index (χ3n) is 6.46. The van der Waals surface area contributed by atoms with Gasteiger partial charge in [-0.2, -0.15) is 0 Å². The number of carbonyl (C=O) groups is 2. The van der Waals surface area contributed by atoms with E-state index < -0.39 is 11.6 Å². The second-order valence-electron chi connectivity index (χ2n) is 9.48. The van der Waals surface area contributed by atoms with E-state index in [0.29, 0.717) is 12.4 Å². The van der Waals surface area contributed by atoms with Gasteiger partial charge in [-0.05, 0) is 46.1 Å². The Morgan fingerprint density at radius 1 is 1.17 bits per heavy atom. The van der Waals surface area contributed by atoms with Crippen LogP contribution in [0.3, 0.4) is 0 Å². The lowest BCUT2D eigenvalue weighted by Gasteiger charge is -2.45. The van der Waals surface area contributed by atoms with Crippen LogP contribution in [0.25, 0.3) is 0 Å². The predicted molar refractivity (Wildman–Crippen MR) is 114 cm³/mol. The SMILES string of the molecule is CC(C)(C)N(C(=O)O)C1CCN(C[C@@H]2CCN3C(=O)CNc4ccc(=O)n2c43)CC1. The number of nitrogens with one attached hydrogen (secondary N) is 1. The second-order valence-corrected chi connectivity index (χ2v) is 9.48. The molecule has 1 saturated heterocycles. The number of piperidine rings is 1. The van der Waals surface area contributed by atoms with Gasteiger partial charge < -0.3 is 20.2 Å². The van der Waals surface area contributed by atoms with Gasteiger partial charge in [-0.15, -0.1) is 0 Å². The van der Waals surface area contributed by atoms with E-state index in [2.05, 4.69) is 10.2 Å². The molecule has 0 unspecified atom stereocenters. The molecule has 9 nitrogen and oxygen atoms in total. The molecular formula is C21H31N5O4. The van der Waals surface area contributed by atoms with Gasteiger partial charge in [-0.25, -0.2) is 4.79 Å². The first kappa shape index (κ1) is 20.7. The first-order chi connectivity index (χ1) is 14.2. The van der Waals surface area contributed by atoms with E-state index in [0.717, 1.165) is 44.6 Å². The predicted octanol–water partition coefficient (Wildman–Crippen LogP) is 1.79. The van der Waals surface area contributed by atoms with E-state index in [4.69, 9.17) is 0 Å². The van der Waals surface area contributed by atoms with E-state index in [1.807, 2.05) is 20.8 Å². The Balaban J connectivity index is 1.48. The Bertz CT molecular complexity index is 898. The summed E-state index contributed by atoms with van der Waals surface area (Å²) in [5, 5.41) is 12.8. The third-order valence-corrected chi connectivity index (χ3v) is 6.46. The monoisotopic (exact) mass is 417 g/mol. The number of hydrogen-bond acceptors (Lipinski definition) is 5. The maximum atomic E-state index is 12.7. The van der Waals surface area contributed by atoms with Crippen molar-refractivity contribution in [3.63, 3.8) is 0 Å². The van der Waals surface area contributed by atoms with Crippen molar-refractivity contribution in [2.45, 2.75) is 57.7 Å².